The van der Waals surface area contributed by atoms with Crippen LogP contribution in [-0.2, 0) is 6.42 Å². The molecule has 0 radical (unpaired) electrons. The van der Waals surface area contributed by atoms with Gasteiger partial charge in [-0.15, -0.1) is 0 Å². The third-order valence-electron chi connectivity index (χ3n) is 1.37. The lowest BCUT2D eigenvalue weighted by Gasteiger charge is -1.79. The molecule has 0 nitrogen and oxygen atoms in total. The first-order chi connectivity index (χ1) is 6.20. The Balaban J connectivity index is 0.000000211. The summed E-state index contributed by atoms with van der Waals surface area (Å²) in [6.07, 6.45) is 1.24. The Morgan fingerprint density at radius 1 is 0.923 bits per heavy atom. The van der Waals surface area contributed by atoms with Crippen molar-refractivity contribution in [3.63, 3.8) is 0 Å². The molecule has 0 atom stereocenters. The maximum absolute atomic E-state index is 2.18. The van der Waals surface area contributed by atoms with Crippen molar-refractivity contribution >= 4 is 0 Å². The highest BCUT2D eigenvalue weighted by molar-refractivity contribution is 5.44. The lowest BCUT2D eigenvalue weighted by Crippen LogP contribution is -1.66. The lowest BCUT2D eigenvalue weighted by atomic mass is 10.3. The molecule has 0 aromatic heterocycles. The monoisotopic (exact) mass is 178 g/mol. The van der Waals surface area contributed by atoms with Crippen LogP contribution in [0.5, 0.6) is 0 Å². The third kappa shape index (κ3) is 6.39. The quantitative estimate of drug-likeness (QED) is 0.565. The molecule has 1 aromatic carbocycles. The Morgan fingerprint density at radius 3 is 1.46 bits per heavy atom. The van der Waals surface area contributed by atoms with Crippen LogP contribution in [0.1, 0.15) is 45.7 Å². The molecule has 0 N–H and O–H groups in total. The lowest BCUT2D eigenvalue weighted by molar-refractivity contribution is 0.737. The van der Waals surface area contributed by atoms with Crippen LogP contribution in [0, 0.1) is 5.92 Å². The van der Waals surface area contributed by atoms with Crippen molar-refractivity contribution in [2.24, 2.45) is 5.92 Å². The molecular weight excluding hydrogens is 156 g/mol. The van der Waals surface area contributed by atoms with Crippen molar-refractivity contribution in [2.45, 2.75) is 41.0 Å². The summed E-state index contributed by atoms with van der Waals surface area (Å²) < 4.78 is 0. The zero-order valence-electron chi connectivity index (χ0n) is 9.59. The molecule has 1 aliphatic carbocycles. The maximum atomic E-state index is 2.18. The smallest absolute Gasteiger partial charge is 0.00201 e. The van der Waals surface area contributed by atoms with E-state index >= 15 is 0 Å². The second-order valence-corrected chi connectivity index (χ2v) is 3.68. The zero-order valence-corrected chi connectivity index (χ0v) is 9.59. The molecule has 2 rings (SSSR count). The Bertz CT molecular complexity index is 199. The van der Waals surface area contributed by atoms with Gasteiger partial charge in [-0.25, -0.2) is 0 Å². The first-order valence-electron chi connectivity index (χ1n) is 5.27. The molecule has 0 saturated heterocycles. The second-order valence-electron chi connectivity index (χ2n) is 3.68. The molecule has 74 valence electrons. The van der Waals surface area contributed by atoms with Crippen molar-refractivity contribution in [3.8, 4) is 0 Å². The average molecular weight is 178 g/mol. The van der Waals surface area contributed by atoms with Crippen molar-refractivity contribution < 1.29 is 0 Å². The van der Waals surface area contributed by atoms with Crippen LogP contribution in [0.3, 0.4) is 0 Å². The van der Waals surface area contributed by atoms with Gasteiger partial charge in [0.2, 0.25) is 0 Å². The Kier molecular flexibility index (Phi) is 6.30. The second kappa shape index (κ2) is 6.71. The fraction of sp³-hybridized carbons (Fsp3) is 0.538. The van der Waals surface area contributed by atoms with E-state index in [2.05, 4.69) is 45.0 Å². The van der Waals surface area contributed by atoms with Crippen LogP contribution in [-0.4, -0.2) is 0 Å². The van der Waals surface area contributed by atoms with E-state index in [-0.39, 0.29) is 0 Å². The van der Waals surface area contributed by atoms with Gasteiger partial charge >= 0.3 is 0 Å². The topological polar surface area (TPSA) is 0 Å². The summed E-state index contributed by atoms with van der Waals surface area (Å²) in [5, 5.41) is 0. The van der Waals surface area contributed by atoms with Crippen LogP contribution in [0.4, 0.5) is 0 Å². The Morgan fingerprint density at radius 2 is 1.23 bits per heavy atom. The summed E-state index contributed by atoms with van der Waals surface area (Å²) in [5.74, 6) is 0.833. The SMILES string of the molecule is CC.CC(C)C.c1ccc2c(c1)C2. The van der Waals surface area contributed by atoms with E-state index in [0.717, 1.165) is 5.92 Å². The van der Waals surface area contributed by atoms with Crippen LogP contribution in [0.25, 0.3) is 0 Å². The van der Waals surface area contributed by atoms with Crippen molar-refractivity contribution in [1.29, 1.82) is 0 Å². The summed E-state index contributed by atoms with van der Waals surface area (Å²) in [4.78, 5) is 0. The van der Waals surface area contributed by atoms with Gasteiger partial charge in [0, 0.05) is 0 Å². The molecule has 0 amide bonds. The average Bonchev–Trinajstić information content (AvgIpc) is 2.85. The van der Waals surface area contributed by atoms with E-state index in [1.54, 1.807) is 0 Å². The molecule has 0 spiro atoms. The van der Waals surface area contributed by atoms with E-state index in [1.165, 1.54) is 17.5 Å². The van der Waals surface area contributed by atoms with Crippen molar-refractivity contribution in [1.82, 2.24) is 0 Å². The first kappa shape index (κ1) is 12.2. The molecule has 0 aliphatic heterocycles. The molecule has 1 aromatic rings. The number of hydrogen-bond donors (Lipinski definition) is 0. The van der Waals surface area contributed by atoms with Gasteiger partial charge in [-0.05, 0) is 23.5 Å². The third-order valence-corrected chi connectivity index (χ3v) is 1.37. The highest BCUT2D eigenvalue weighted by atomic mass is 14.2. The molecule has 13 heavy (non-hydrogen) atoms. The van der Waals surface area contributed by atoms with E-state index < -0.39 is 0 Å². The van der Waals surface area contributed by atoms with Gasteiger partial charge < -0.3 is 0 Å². The summed E-state index contributed by atoms with van der Waals surface area (Å²) in [5.41, 5.74) is 3.06. The zero-order chi connectivity index (χ0) is 10.3. The molecule has 0 bridgehead atoms. The number of rotatable bonds is 0. The van der Waals surface area contributed by atoms with E-state index in [4.69, 9.17) is 0 Å². The molecule has 0 saturated carbocycles. The fourth-order valence-electron chi connectivity index (χ4n) is 0.836. The minimum absolute atomic E-state index is 0.833. The van der Waals surface area contributed by atoms with Crippen LogP contribution in [0.15, 0.2) is 24.3 Å². The van der Waals surface area contributed by atoms with Gasteiger partial charge in [0.1, 0.15) is 0 Å². The minimum Gasteiger partial charge on any atom is -0.0683 e. The van der Waals surface area contributed by atoms with Gasteiger partial charge in [0.25, 0.3) is 0 Å². The van der Waals surface area contributed by atoms with Crippen molar-refractivity contribution in [2.75, 3.05) is 0 Å². The van der Waals surface area contributed by atoms with Crippen LogP contribution < -0.4 is 0 Å². The highest BCUT2D eigenvalue weighted by Gasteiger charge is 2.12. The summed E-state index contributed by atoms with van der Waals surface area (Å²) in [6, 6.07) is 8.53. The standard InChI is InChI=1S/C7H6.C4H10.C2H6/c1-2-4-7-5-6(7)3-1;1-4(2)3;1-2/h1-4H,5H2;4H,1-3H3;1-2H3. The summed E-state index contributed by atoms with van der Waals surface area (Å²) in [6.45, 7) is 10.5. The van der Waals surface area contributed by atoms with Crippen LogP contribution >= 0.6 is 0 Å². The molecule has 0 heteroatoms. The Labute approximate surface area is 83.0 Å². The summed E-state index contributed by atoms with van der Waals surface area (Å²) in [7, 11) is 0. The molecule has 0 fully saturated rings. The van der Waals surface area contributed by atoms with Gasteiger partial charge in [-0.3, -0.25) is 0 Å². The van der Waals surface area contributed by atoms with Gasteiger partial charge in [-0.2, -0.15) is 0 Å². The highest BCUT2D eigenvalue weighted by Crippen LogP contribution is 2.25. The van der Waals surface area contributed by atoms with Crippen LogP contribution in [0.2, 0.25) is 0 Å². The predicted octanol–water partition coefficient (Wildman–Crippen LogP) is 4.28. The maximum Gasteiger partial charge on any atom is -0.00201 e. The fourth-order valence-corrected chi connectivity index (χ4v) is 0.836. The number of hydrogen-bond acceptors (Lipinski definition) is 0. The molecule has 1 aliphatic rings. The first-order valence-corrected chi connectivity index (χ1v) is 5.27. The minimum atomic E-state index is 0.833. The van der Waals surface area contributed by atoms with Crippen molar-refractivity contribution in [3.05, 3.63) is 35.4 Å². The van der Waals surface area contributed by atoms with Gasteiger partial charge in [0.05, 0.1) is 0 Å². The Hall–Kier alpha value is -0.780. The number of fused-ring (bicyclic) bond motifs is 1. The number of benzene rings is 1. The normalized spacial score (nSPS) is 10.3. The van der Waals surface area contributed by atoms with Gasteiger partial charge in [0.15, 0.2) is 0 Å². The van der Waals surface area contributed by atoms with Gasteiger partial charge in [-0.1, -0.05) is 58.9 Å². The molecular formula is C13H22. The van der Waals surface area contributed by atoms with E-state index in [0.29, 0.717) is 0 Å². The molecule has 0 heterocycles. The van der Waals surface area contributed by atoms with E-state index in [1.807, 2.05) is 13.8 Å². The summed E-state index contributed by atoms with van der Waals surface area (Å²) >= 11 is 0. The predicted molar refractivity (Wildman–Crippen MR) is 61.1 cm³/mol. The molecule has 0 unspecified atom stereocenters. The largest absolute Gasteiger partial charge is 0.0683 e. The van der Waals surface area contributed by atoms with E-state index in [9.17, 15) is 0 Å².